The first-order valence-electron chi connectivity index (χ1n) is 8.83. The molecule has 0 aliphatic carbocycles. The van der Waals surface area contributed by atoms with Gasteiger partial charge in [0.2, 0.25) is 5.91 Å². The van der Waals surface area contributed by atoms with E-state index in [1.807, 2.05) is 0 Å². The van der Waals surface area contributed by atoms with Gasteiger partial charge in [-0.3, -0.25) is 4.79 Å². The Balaban J connectivity index is 1.58. The minimum atomic E-state index is -0.350. The van der Waals surface area contributed by atoms with Crippen LogP contribution in [-0.2, 0) is 17.8 Å². The molecule has 0 saturated carbocycles. The second-order valence-corrected chi connectivity index (χ2v) is 8.04. The van der Waals surface area contributed by atoms with Gasteiger partial charge >= 0.3 is 0 Å². The number of nitrogens with zero attached hydrogens (tertiary/aromatic N) is 1. The van der Waals surface area contributed by atoms with Gasteiger partial charge in [0, 0.05) is 0 Å². The van der Waals surface area contributed by atoms with Crippen molar-refractivity contribution >= 4 is 44.0 Å². The van der Waals surface area contributed by atoms with Crippen LogP contribution in [0.5, 0.6) is 5.75 Å². The van der Waals surface area contributed by atoms with Crippen LogP contribution in [0.4, 0.5) is 8.78 Å². The van der Waals surface area contributed by atoms with Crippen LogP contribution in [0, 0.1) is 11.6 Å². The Morgan fingerprint density at radius 1 is 0.967 bits per heavy atom. The average molecular weight is 538 g/mol. The number of rotatable bonds is 7. The molecular weight excluding hydrogens is 522 g/mol. The standard InChI is InChI=1S/C22H16Br2F2N2O2/c23-19-9-16(12-27-28-21(29)11-14-4-6-17(25)7-5-14)10-20(24)22(19)30-13-15-2-1-3-18(26)8-15/h1-10,12H,11,13H2,(H,28,29)/b27-12+. The molecule has 0 unspecified atom stereocenters. The number of carbonyl (C=O) groups excluding carboxylic acids is 1. The largest absolute Gasteiger partial charge is 0.487 e. The summed E-state index contributed by atoms with van der Waals surface area (Å²) in [5.74, 6) is -0.415. The molecule has 0 fully saturated rings. The highest BCUT2D eigenvalue weighted by Crippen LogP contribution is 2.35. The van der Waals surface area contributed by atoms with Crippen molar-refractivity contribution in [3.05, 3.63) is 97.9 Å². The van der Waals surface area contributed by atoms with Gasteiger partial charge in [0.05, 0.1) is 21.6 Å². The number of hydrazone groups is 1. The quantitative estimate of drug-likeness (QED) is 0.307. The van der Waals surface area contributed by atoms with Crippen LogP contribution in [0.3, 0.4) is 0 Å². The van der Waals surface area contributed by atoms with Gasteiger partial charge in [-0.1, -0.05) is 24.3 Å². The van der Waals surface area contributed by atoms with Crippen molar-refractivity contribution in [3.8, 4) is 5.75 Å². The van der Waals surface area contributed by atoms with E-state index >= 15 is 0 Å². The van der Waals surface area contributed by atoms with E-state index in [-0.39, 0.29) is 30.6 Å². The molecule has 0 atom stereocenters. The molecule has 0 saturated heterocycles. The molecule has 3 aromatic rings. The summed E-state index contributed by atoms with van der Waals surface area (Å²) >= 11 is 6.90. The molecule has 1 N–H and O–H groups in total. The Hall–Kier alpha value is -2.58. The Labute approximate surface area is 189 Å². The third-order valence-corrected chi connectivity index (χ3v) is 5.15. The van der Waals surface area contributed by atoms with Crippen molar-refractivity contribution < 1.29 is 18.3 Å². The highest BCUT2D eigenvalue weighted by Gasteiger charge is 2.09. The molecule has 0 spiro atoms. The molecule has 0 aliphatic rings. The molecule has 8 heteroatoms. The number of hydrogen-bond acceptors (Lipinski definition) is 3. The van der Waals surface area contributed by atoms with E-state index in [9.17, 15) is 13.6 Å². The minimum absolute atomic E-state index is 0.0951. The molecule has 3 aromatic carbocycles. The minimum Gasteiger partial charge on any atom is -0.487 e. The maximum atomic E-state index is 13.3. The van der Waals surface area contributed by atoms with E-state index < -0.39 is 0 Å². The fourth-order valence-electron chi connectivity index (χ4n) is 2.58. The van der Waals surface area contributed by atoms with Gasteiger partial charge in [0.15, 0.2) is 0 Å². The second kappa shape index (κ2) is 10.4. The Morgan fingerprint density at radius 2 is 1.67 bits per heavy atom. The first-order chi connectivity index (χ1) is 14.4. The predicted molar refractivity (Wildman–Crippen MR) is 118 cm³/mol. The van der Waals surface area contributed by atoms with Crippen molar-refractivity contribution in [1.29, 1.82) is 0 Å². The maximum Gasteiger partial charge on any atom is 0.244 e. The lowest BCUT2D eigenvalue weighted by atomic mass is 10.1. The molecule has 3 rings (SSSR count). The molecule has 154 valence electrons. The Bertz CT molecular complexity index is 1050. The van der Waals surface area contributed by atoms with Gasteiger partial charge in [-0.15, -0.1) is 0 Å². The van der Waals surface area contributed by atoms with Crippen molar-refractivity contribution in [1.82, 2.24) is 5.43 Å². The van der Waals surface area contributed by atoms with Gasteiger partial charge in [-0.05, 0) is 84.9 Å². The zero-order valence-electron chi connectivity index (χ0n) is 15.5. The summed E-state index contributed by atoms with van der Waals surface area (Å²) in [7, 11) is 0. The molecule has 0 bridgehead atoms. The first kappa shape index (κ1) is 22.1. The lowest BCUT2D eigenvalue weighted by Crippen LogP contribution is -2.19. The summed E-state index contributed by atoms with van der Waals surface area (Å²) in [5.41, 5.74) is 4.56. The number of benzene rings is 3. The number of ether oxygens (including phenoxy) is 1. The van der Waals surface area contributed by atoms with Gasteiger partial charge < -0.3 is 4.74 Å². The maximum absolute atomic E-state index is 13.3. The molecule has 0 aliphatic heterocycles. The summed E-state index contributed by atoms with van der Waals surface area (Å²) in [5, 5.41) is 3.95. The van der Waals surface area contributed by atoms with Crippen molar-refractivity contribution in [2.24, 2.45) is 5.10 Å². The molecule has 0 radical (unpaired) electrons. The van der Waals surface area contributed by atoms with E-state index in [1.165, 1.54) is 30.5 Å². The number of nitrogens with one attached hydrogen (secondary N) is 1. The zero-order valence-corrected chi connectivity index (χ0v) is 18.7. The molecular formula is C22H16Br2F2N2O2. The summed E-state index contributed by atoms with van der Waals surface area (Å²) in [6.45, 7) is 0.210. The zero-order chi connectivity index (χ0) is 21.5. The third kappa shape index (κ3) is 6.47. The SMILES string of the molecule is O=C(Cc1ccc(F)cc1)N/N=C/c1cc(Br)c(OCc2cccc(F)c2)c(Br)c1. The Morgan fingerprint density at radius 3 is 2.33 bits per heavy atom. The summed E-state index contributed by atoms with van der Waals surface area (Å²) in [4.78, 5) is 11.9. The summed E-state index contributed by atoms with van der Waals surface area (Å²) in [6.07, 6.45) is 1.59. The number of amides is 1. The van der Waals surface area contributed by atoms with Crippen molar-refractivity contribution in [2.45, 2.75) is 13.0 Å². The van der Waals surface area contributed by atoms with Crippen LogP contribution >= 0.6 is 31.9 Å². The average Bonchev–Trinajstić information content (AvgIpc) is 2.69. The number of carbonyl (C=O) groups is 1. The third-order valence-electron chi connectivity index (χ3n) is 3.97. The molecule has 4 nitrogen and oxygen atoms in total. The topological polar surface area (TPSA) is 50.7 Å². The van der Waals surface area contributed by atoms with Crippen LogP contribution in [0.2, 0.25) is 0 Å². The number of hydrogen-bond donors (Lipinski definition) is 1. The molecule has 0 heterocycles. The van der Waals surface area contributed by atoms with Crippen LogP contribution in [0.25, 0.3) is 0 Å². The highest BCUT2D eigenvalue weighted by atomic mass is 79.9. The van der Waals surface area contributed by atoms with Gasteiger partial charge in [-0.25, -0.2) is 14.2 Å². The van der Waals surface area contributed by atoms with E-state index in [4.69, 9.17) is 4.74 Å². The number of halogens is 4. The normalized spacial score (nSPS) is 10.9. The van der Waals surface area contributed by atoms with Crippen molar-refractivity contribution in [2.75, 3.05) is 0 Å². The van der Waals surface area contributed by atoms with Crippen LogP contribution < -0.4 is 10.2 Å². The predicted octanol–water partition coefficient (Wildman–Crippen LogP) is 5.76. The molecule has 0 aromatic heterocycles. The summed E-state index contributed by atoms with van der Waals surface area (Å²) in [6, 6.07) is 15.5. The van der Waals surface area contributed by atoms with Crippen LogP contribution in [0.1, 0.15) is 16.7 Å². The first-order valence-corrected chi connectivity index (χ1v) is 10.4. The van der Waals surface area contributed by atoms with E-state index in [2.05, 4.69) is 42.4 Å². The Kier molecular flexibility index (Phi) is 7.70. The van der Waals surface area contributed by atoms with Gasteiger partial charge in [-0.2, -0.15) is 5.10 Å². The lowest BCUT2D eigenvalue weighted by Gasteiger charge is -2.11. The highest BCUT2D eigenvalue weighted by molar-refractivity contribution is 9.11. The lowest BCUT2D eigenvalue weighted by molar-refractivity contribution is -0.120. The second-order valence-electron chi connectivity index (χ2n) is 6.33. The smallest absolute Gasteiger partial charge is 0.244 e. The fourth-order valence-corrected chi connectivity index (χ4v) is 4.03. The van der Waals surface area contributed by atoms with Crippen molar-refractivity contribution in [3.63, 3.8) is 0 Å². The van der Waals surface area contributed by atoms with E-state index in [0.29, 0.717) is 31.4 Å². The summed E-state index contributed by atoms with van der Waals surface area (Å²) < 4.78 is 33.3. The molecule has 30 heavy (non-hydrogen) atoms. The van der Waals surface area contributed by atoms with Gasteiger partial charge in [0.1, 0.15) is 24.0 Å². The monoisotopic (exact) mass is 536 g/mol. The van der Waals surface area contributed by atoms with E-state index in [0.717, 1.165) is 0 Å². The molecule has 1 amide bonds. The fraction of sp³-hybridized carbons (Fsp3) is 0.0909. The van der Waals surface area contributed by atoms with Gasteiger partial charge in [0.25, 0.3) is 0 Å². The van der Waals surface area contributed by atoms with E-state index in [1.54, 1.807) is 36.4 Å². The van der Waals surface area contributed by atoms with Crippen LogP contribution in [0.15, 0.2) is 74.7 Å². The van der Waals surface area contributed by atoms with Crippen LogP contribution in [-0.4, -0.2) is 12.1 Å².